The number of hydrogen-bond acceptors (Lipinski definition) is 1. The van der Waals surface area contributed by atoms with Gasteiger partial charge in [-0.25, -0.2) is 0 Å². The minimum atomic E-state index is -0.963. The fraction of sp³-hybridized carbons (Fsp3) is 0. The molecule has 0 saturated carbocycles. The van der Waals surface area contributed by atoms with Crippen LogP contribution in [-0.2, 0) is 0 Å². The Morgan fingerprint density at radius 2 is 2.00 bits per heavy atom. The summed E-state index contributed by atoms with van der Waals surface area (Å²) < 4.78 is 29.5. The maximum atomic E-state index is 10.9. The van der Waals surface area contributed by atoms with E-state index >= 15 is 0 Å². The lowest BCUT2D eigenvalue weighted by Gasteiger charge is -1.92. The molecule has 0 aliphatic rings. The summed E-state index contributed by atoms with van der Waals surface area (Å²) in [6.45, 7) is 0. The van der Waals surface area contributed by atoms with Crippen molar-refractivity contribution in [2.45, 2.75) is 0 Å². The van der Waals surface area contributed by atoms with Gasteiger partial charge in [0, 0.05) is 10.0 Å². The van der Waals surface area contributed by atoms with Crippen molar-refractivity contribution in [3.8, 4) is 0 Å². The van der Waals surface area contributed by atoms with Crippen molar-refractivity contribution in [2.75, 3.05) is 0 Å². The third kappa shape index (κ3) is 1.57. The van der Waals surface area contributed by atoms with Crippen molar-refractivity contribution in [1.82, 2.24) is 0 Å². The average molecular weight is 204 g/mol. The van der Waals surface area contributed by atoms with Crippen LogP contribution in [0.2, 0.25) is 0 Å². The van der Waals surface area contributed by atoms with E-state index in [0.717, 1.165) is 0 Å². The van der Waals surface area contributed by atoms with Crippen molar-refractivity contribution in [3.05, 3.63) is 34.2 Å². The standard InChI is InChI=1S/C7H6BrNO/c8-6-3-1-5(2-4-6)7(9)10/h1-4H,(H2,9,10)/i1D,2D,3D,4D. The predicted molar refractivity (Wildman–Crippen MR) is 42.7 cm³/mol. The Bertz CT molecular complexity index is 392. The van der Waals surface area contributed by atoms with Crippen LogP contribution in [0.1, 0.15) is 15.8 Å². The largest absolute Gasteiger partial charge is 0.366 e. The summed E-state index contributed by atoms with van der Waals surface area (Å²) in [6.07, 6.45) is 0. The lowest BCUT2D eigenvalue weighted by Crippen LogP contribution is -2.10. The smallest absolute Gasteiger partial charge is 0.248 e. The number of benzene rings is 1. The lowest BCUT2D eigenvalue weighted by molar-refractivity contribution is 0.100. The Kier molecular flexibility index (Phi) is 1.00. The normalized spacial score (nSPS) is 14.9. The molecule has 2 nitrogen and oxygen atoms in total. The molecule has 0 atom stereocenters. The second-order valence-corrected chi connectivity index (χ2v) is 2.35. The molecule has 0 saturated heterocycles. The molecule has 10 heavy (non-hydrogen) atoms. The fourth-order valence-corrected chi connectivity index (χ4v) is 0.619. The quantitative estimate of drug-likeness (QED) is 0.740. The highest BCUT2D eigenvalue weighted by atomic mass is 79.9. The number of amides is 1. The maximum Gasteiger partial charge on any atom is 0.248 e. The zero-order valence-corrected chi connectivity index (χ0v) is 6.45. The molecule has 52 valence electrons. The van der Waals surface area contributed by atoms with Gasteiger partial charge in [0.15, 0.2) is 0 Å². The monoisotopic (exact) mass is 203 g/mol. The number of hydrogen-bond donors (Lipinski definition) is 1. The summed E-state index contributed by atoms with van der Waals surface area (Å²) in [6, 6.07) is -1.46. The number of nitrogens with two attached hydrogens (primary N) is 1. The second-order valence-electron chi connectivity index (χ2n) is 1.55. The first-order chi connectivity index (χ1) is 6.37. The van der Waals surface area contributed by atoms with Crippen molar-refractivity contribution < 1.29 is 10.3 Å². The minimum absolute atomic E-state index is 0.0255. The van der Waals surface area contributed by atoms with Gasteiger partial charge in [-0.3, -0.25) is 4.79 Å². The first-order valence-corrected chi connectivity index (χ1v) is 3.22. The van der Waals surface area contributed by atoms with Crippen LogP contribution < -0.4 is 5.73 Å². The highest BCUT2D eigenvalue weighted by Crippen LogP contribution is 2.09. The van der Waals surface area contributed by atoms with Crippen LogP contribution in [0.4, 0.5) is 0 Å². The van der Waals surface area contributed by atoms with Gasteiger partial charge < -0.3 is 5.73 Å². The van der Waals surface area contributed by atoms with Gasteiger partial charge in [0.2, 0.25) is 5.91 Å². The van der Waals surface area contributed by atoms with Crippen molar-refractivity contribution in [1.29, 1.82) is 0 Å². The Morgan fingerprint density at radius 3 is 2.40 bits per heavy atom. The molecule has 0 unspecified atom stereocenters. The Hall–Kier alpha value is -0.830. The molecule has 1 aromatic rings. The lowest BCUT2D eigenvalue weighted by atomic mass is 10.2. The Balaban J connectivity index is 3.68. The van der Waals surface area contributed by atoms with E-state index in [2.05, 4.69) is 15.9 Å². The van der Waals surface area contributed by atoms with Crippen LogP contribution in [0.5, 0.6) is 0 Å². The van der Waals surface area contributed by atoms with Gasteiger partial charge in [-0.05, 0) is 24.2 Å². The first kappa shape index (κ1) is 3.53. The van der Waals surface area contributed by atoms with Gasteiger partial charge in [0.25, 0.3) is 0 Å². The minimum Gasteiger partial charge on any atom is -0.366 e. The molecule has 3 heteroatoms. The summed E-state index contributed by atoms with van der Waals surface area (Å²) in [4.78, 5) is 10.9. The zero-order chi connectivity index (χ0) is 11.0. The SMILES string of the molecule is [2H]c1c([2H])c(C(N)=O)c([2H])c([2H])c1Br. The third-order valence-corrected chi connectivity index (χ3v) is 1.24. The number of rotatable bonds is 1. The van der Waals surface area contributed by atoms with Gasteiger partial charge in [0.1, 0.15) is 0 Å². The van der Waals surface area contributed by atoms with E-state index in [1.807, 2.05) is 0 Å². The molecule has 1 amide bonds. The second kappa shape index (κ2) is 2.84. The van der Waals surface area contributed by atoms with E-state index in [-0.39, 0.29) is 22.1 Å². The molecule has 0 aromatic heterocycles. The predicted octanol–water partition coefficient (Wildman–Crippen LogP) is 1.55. The summed E-state index contributed by atoms with van der Waals surface area (Å²) >= 11 is 2.90. The molecule has 0 radical (unpaired) electrons. The Labute approximate surface area is 72.8 Å². The number of halogens is 1. The van der Waals surface area contributed by atoms with Crippen molar-refractivity contribution in [3.63, 3.8) is 0 Å². The van der Waals surface area contributed by atoms with Crippen LogP contribution >= 0.6 is 15.9 Å². The molecule has 0 bridgehead atoms. The van der Waals surface area contributed by atoms with E-state index < -0.39 is 18.0 Å². The highest BCUT2D eigenvalue weighted by Gasteiger charge is 1.96. The third-order valence-electron chi connectivity index (χ3n) is 0.841. The molecule has 1 rings (SSSR count). The molecule has 0 spiro atoms. The average Bonchev–Trinajstić information content (AvgIpc) is 2.11. The van der Waals surface area contributed by atoms with E-state index in [0.29, 0.717) is 0 Å². The van der Waals surface area contributed by atoms with Gasteiger partial charge >= 0.3 is 0 Å². The van der Waals surface area contributed by atoms with E-state index in [1.165, 1.54) is 0 Å². The zero-order valence-electron chi connectivity index (χ0n) is 8.86. The van der Waals surface area contributed by atoms with E-state index in [1.54, 1.807) is 0 Å². The summed E-state index contributed by atoms with van der Waals surface area (Å²) in [5.41, 5.74) is 4.56. The molecule has 2 N–H and O–H groups in total. The molecule has 0 heterocycles. The molecule has 0 aliphatic heterocycles. The Morgan fingerprint density at radius 1 is 1.50 bits per heavy atom. The molecular weight excluding hydrogens is 194 g/mol. The van der Waals surface area contributed by atoms with Gasteiger partial charge in [-0.15, -0.1) is 0 Å². The number of carbonyl (C=O) groups excluding carboxylic acids is 1. The van der Waals surface area contributed by atoms with Crippen LogP contribution in [-0.4, -0.2) is 5.91 Å². The number of primary amides is 1. The van der Waals surface area contributed by atoms with Crippen LogP contribution in [0.15, 0.2) is 28.6 Å². The van der Waals surface area contributed by atoms with Gasteiger partial charge in [-0.2, -0.15) is 0 Å². The number of carbonyl (C=O) groups is 1. The first-order valence-electron chi connectivity index (χ1n) is 4.43. The molecule has 0 aliphatic carbocycles. The molecule has 0 fully saturated rings. The van der Waals surface area contributed by atoms with E-state index in [9.17, 15) is 4.79 Å². The summed E-state index contributed by atoms with van der Waals surface area (Å²) in [7, 11) is 0. The summed E-state index contributed by atoms with van der Waals surface area (Å²) in [5.74, 6) is -0.963. The summed E-state index contributed by atoms with van der Waals surface area (Å²) in [5, 5.41) is 0. The van der Waals surface area contributed by atoms with Gasteiger partial charge in [0.05, 0.1) is 5.48 Å². The molecular formula is C7H6BrNO. The van der Waals surface area contributed by atoms with Crippen LogP contribution in [0, 0.1) is 0 Å². The molecule has 1 aromatic carbocycles. The van der Waals surface area contributed by atoms with Gasteiger partial charge in [-0.1, -0.05) is 15.9 Å². The highest BCUT2D eigenvalue weighted by molar-refractivity contribution is 9.10. The van der Waals surface area contributed by atoms with Crippen LogP contribution in [0.25, 0.3) is 0 Å². The maximum absolute atomic E-state index is 10.9. The van der Waals surface area contributed by atoms with E-state index in [4.69, 9.17) is 11.2 Å². The topological polar surface area (TPSA) is 43.1 Å². The van der Waals surface area contributed by atoms with Crippen molar-refractivity contribution >= 4 is 21.8 Å². The van der Waals surface area contributed by atoms with Crippen LogP contribution in [0.3, 0.4) is 0 Å². The van der Waals surface area contributed by atoms with Crippen molar-refractivity contribution in [2.24, 2.45) is 5.73 Å². The fourth-order valence-electron chi connectivity index (χ4n) is 0.420.